The zero-order valence-electron chi connectivity index (χ0n) is 17.7. The van der Waals surface area contributed by atoms with Crippen LogP contribution in [0.25, 0.3) is 0 Å². The van der Waals surface area contributed by atoms with E-state index in [2.05, 4.69) is 13.8 Å². The first-order chi connectivity index (χ1) is 14.7. The van der Waals surface area contributed by atoms with E-state index in [1.54, 1.807) is 12.1 Å². The second-order valence-electron chi connectivity index (χ2n) is 7.51. The summed E-state index contributed by atoms with van der Waals surface area (Å²) in [6, 6.07) is 11.2. The first kappa shape index (κ1) is 25.6. The third-order valence-corrected chi connectivity index (χ3v) is 5.67. The average molecular weight is 492 g/mol. The summed E-state index contributed by atoms with van der Waals surface area (Å²) in [6.07, 6.45) is -0.237. The van der Waals surface area contributed by atoms with E-state index in [1.807, 2.05) is 24.3 Å². The molecule has 170 valence electrons. The van der Waals surface area contributed by atoms with Crippen molar-refractivity contribution in [3.8, 4) is 11.5 Å². The highest BCUT2D eigenvalue weighted by molar-refractivity contribution is 6.37. The van der Waals surface area contributed by atoms with Gasteiger partial charge in [-0.2, -0.15) is 0 Å². The van der Waals surface area contributed by atoms with Crippen molar-refractivity contribution in [3.63, 3.8) is 0 Å². The molecule has 2 rings (SSSR count). The molecular formula is C23H26Cl3FO4. The highest BCUT2D eigenvalue weighted by Gasteiger charge is 2.26. The predicted molar refractivity (Wildman–Crippen MR) is 123 cm³/mol. The highest BCUT2D eigenvalue weighted by atomic mass is 35.5. The van der Waals surface area contributed by atoms with Crippen LogP contribution in [0.3, 0.4) is 0 Å². The molecule has 2 aromatic rings. The molecule has 0 amide bonds. The lowest BCUT2D eigenvalue weighted by Crippen LogP contribution is -2.26. The summed E-state index contributed by atoms with van der Waals surface area (Å²) >= 11 is 18.7. The van der Waals surface area contributed by atoms with Gasteiger partial charge in [-0.05, 0) is 35.4 Å². The first-order valence-electron chi connectivity index (χ1n) is 9.83. The zero-order chi connectivity index (χ0) is 23.0. The maximum atomic E-state index is 12.2. The van der Waals surface area contributed by atoms with Crippen LogP contribution in [-0.4, -0.2) is 37.8 Å². The van der Waals surface area contributed by atoms with E-state index in [4.69, 9.17) is 49.0 Å². The van der Waals surface area contributed by atoms with E-state index < -0.39 is 24.2 Å². The molecule has 0 aliphatic heterocycles. The van der Waals surface area contributed by atoms with Gasteiger partial charge in [-0.3, -0.25) is 9.18 Å². The van der Waals surface area contributed by atoms with Crippen molar-refractivity contribution >= 4 is 40.8 Å². The monoisotopic (exact) mass is 490 g/mol. The molecule has 1 atom stereocenters. The molecule has 0 aromatic heterocycles. The summed E-state index contributed by atoms with van der Waals surface area (Å²) in [6.45, 7) is 5.39. The van der Waals surface area contributed by atoms with E-state index in [9.17, 15) is 9.18 Å². The summed E-state index contributed by atoms with van der Waals surface area (Å²) in [5.74, 6) is 0.645. The van der Waals surface area contributed by atoms with Crippen LogP contribution in [0, 0.1) is 0 Å². The van der Waals surface area contributed by atoms with Crippen LogP contribution in [-0.2, 0) is 14.9 Å². The van der Waals surface area contributed by atoms with Gasteiger partial charge in [-0.1, -0.05) is 49.2 Å². The van der Waals surface area contributed by atoms with Gasteiger partial charge in [0, 0.05) is 18.8 Å². The largest absolute Gasteiger partial charge is 0.494 e. The first-order valence-corrected chi connectivity index (χ1v) is 11.1. The molecule has 4 nitrogen and oxygen atoms in total. The number of carbonyl (C=O) groups excluding carboxylic acids is 1. The Bertz CT molecular complexity index is 849. The second kappa shape index (κ2) is 11.8. The molecule has 0 saturated heterocycles. The van der Waals surface area contributed by atoms with Crippen LogP contribution >= 0.6 is 34.8 Å². The minimum atomic E-state index is -0.604. The van der Waals surface area contributed by atoms with Gasteiger partial charge in [0.25, 0.3) is 0 Å². The van der Waals surface area contributed by atoms with E-state index in [1.165, 1.54) is 6.92 Å². The lowest BCUT2D eigenvalue weighted by Gasteiger charge is -2.27. The van der Waals surface area contributed by atoms with Crippen molar-refractivity contribution in [1.82, 2.24) is 0 Å². The maximum absolute atomic E-state index is 12.2. The van der Waals surface area contributed by atoms with Crippen LogP contribution in [0.2, 0.25) is 10.0 Å². The van der Waals surface area contributed by atoms with Gasteiger partial charge >= 0.3 is 5.97 Å². The van der Waals surface area contributed by atoms with Gasteiger partial charge in [0.1, 0.15) is 18.5 Å². The number of hydrogen-bond donors (Lipinski definition) is 0. The van der Waals surface area contributed by atoms with E-state index >= 15 is 0 Å². The molecule has 0 bridgehead atoms. The van der Waals surface area contributed by atoms with Gasteiger partial charge < -0.3 is 14.2 Å². The van der Waals surface area contributed by atoms with Crippen LogP contribution in [0.15, 0.2) is 36.4 Å². The Kier molecular flexibility index (Phi) is 9.73. The summed E-state index contributed by atoms with van der Waals surface area (Å²) in [5, 5.41) is 0.691. The molecule has 0 heterocycles. The third-order valence-electron chi connectivity index (χ3n) is 4.76. The van der Waals surface area contributed by atoms with Gasteiger partial charge in [0.2, 0.25) is 0 Å². The minimum absolute atomic E-state index is 0.0368. The zero-order valence-corrected chi connectivity index (χ0v) is 20.0. The Morgan fingerprint density at radius 3 is 2.19 bits per heavy atom. The highest BCUT2D eigenvalue weighted by Crippen LogP contribution is 2.40. The molecule has 8 heteroatoms. The van der Waals surface area contributed by atoms with Crippen LogP contribution in [0.1, 0.15) is 38.3 Å². The Morgan fingerprint density at radius 1 is 1.06 bits per heavy atom. The standard InChI is InChI=1S/C23H26Cl3FO4/c1-15(28)31-19(13-24)14-30-22-20(25)11-17(12-21(22)26)23(2,3)16-5-7-18(8-6-16)29-10-4-9-27/h5-8,11-12,19H,4,9-10,13-14H2,1-3H3. The van der Waals surface area contributed by atoms with Gasteiger partial charge in [-0.25, -0.2) is 0 Å². The Labute approximate surface area is 197 Å². The summed E-state index contributed by atoms with van der Waals surface area (Å²) in [4.78, 5) is 11.1. The van der Waals surface area contributed by atoms with Crippen LogP contribution < -0.4 is 9.47 Å². The minimum Gasteiger partial charge on any atom is -0.494 e. The SMILES string of the molecule is CC(=O)OC(CCl)COc1c(Cl)cc(C(C)(C)c2ccc(OCCCF)cc2)cc1Cl. The third kappa shape index (κ3) is 7.16. The second-order valence-corrected chi connectivity index (χ2v) is 8.63. The quantitative estimate of drug-likeness (QED) is 0.202. The number of halogens is 4. The fraction of sp³-hybridized carbons (Fsp3) is 0.435. The smallest absolute Gasteiger partial charge is 0.303 e. The molecular weight excluding hydrogens is 466 g/mol. The van der Waals surface area contributed by atoms with Crippen molar-refractivity contribution in [2.45, 2.75) is 38.7 Å². The lowest BCUT2D eigenvalue weighted by atomic mass is 9.78. The average Bonchev–Trinajstić information content (AvgIpc) is 2.72. The van der Waals surface area contributed by atoms with E-state index in [0.29, 0.717) is 34.6 Å². The molecule has 0 saturated carbocycles. The number of hydrogen-bond acceptors (Lipinski definition) is 4. The summed E-state index contributed by atoms with van der Waals surface area (Å²) in [5.41, 5.74) is 1.53. The fourth-order valence-electron chi connectivity index (χ4n) is 2.96. The van der Waals surface area contributed by atoms with Gasteiger partial charge in [0.15, 0.2) is 5.75 Å². The molecule has 31 heavy (non-hydrogen) atoms. The number of carbonyl (C=O) groups is 1. The molecule has 0 aliphatic carbocycles. The molecule has 0 fully saturated rings. The topological polar surface area (TPSA) is 44.8 Å². The Balaban J connectivity index is 2.17. The van der Waals surface area contributed by atoms with Gasteiger partial charge in [-0.15, -0.1) is 11.6 Å². The lowest BCUT2D eigenvalue weighted by molar-refractivity contribution is -0.146. The van der Waals surface area contributed by atoms with Gasteiger partial charge in [0.05, 0.1) is 29.2 Å². The molecule has 1 unspecified atom stereocenters. The number of benzene rings is 2. The predicted octanol–water partition coefficient (Wildman–Crippen LogP) is 6.61. The number of esters is 1. The molecule has 0 N–H and O–H groups in total. The fourth-order valence-corrected chi connectivity index (χ4v) is 3.71. The van der Waals surface area contributed by atoms with Crippen LogP contribution in [0.5, 0.6) is 11.5 Å². The number of alkyl halides is 2. The summed E-state index contributed by atoms with van der Waals surface area (Å²) < 4.78 is 28.5. The molecule has 0 radical (unpaired) electrons. The van der Waals surface area contributed by atoms with E-state index in [-0.39, 0.29) is 12.5 Å². The molecule has 0 aliphatic rings. The van der Waals surface area contributed by atoms with Crippen molar-refractivity contribution in [1.29, 1.82) is 0 Å². The Morgan fingerprint density at radius 2 is 1.68 bits per heavy atom. The number of rotatable bonds is 11. The summed E-state index contributed by atoms with van der Waals surface area (Å²) in [7, 11) is 0. The number of ether oxygens (including phenoxy) is 3. The van der Waals surface area contributed by atoms with Crippen molar-refractivity contribution in [3.05, 3.63) is 57.6 Å². The van der Waals surface area contributed by atoms with Crippen molar-refractivity contribution in [2.75, 3.05) is 25.8 Å². The molecule has 0 spiro atoms. The Hall–Kier alpha value is -1.69. The van der Waals surface area contributed by atoms with E-state index in [0.717, 1.165) is 11.1 Å². The normalized spacial score (nSPS) is 12.4. The molecule has 2 aromatic carbocycles. The van der Waals surface area contributed by atoms with Crippen LogP contribution in [0.4, 0.5) is 4.39 Å². The maximum Gasteiger partial charge on any atom is 0.303 e. The van der Waals surface area contributed by atoms with Crippen molar-refractivity contribution in [2.24, 2.45) is 0 Å². The van der Waals surface area contributed by atoms with Crippen molar-refractivity contribution < 1.29 is 23.4 Å².